The summed E-state index contributed by atoms with van der Waals surface area (Å²) in [5, 5.41) is 0. The molecule has 1 amide bonds. The Hall–Kier alpha value is -2.74. The van der Waals surface area contributed by atoms with Crippen molar-refractivity contribution in [3.05, 3.63) is 42.1 Å². The van der Waals surface area contributed by atoms with Crippen molar-refractivity contribution in [2.75, 3.05) is 38.1 Å². The van der Waals surface area contributed by atoms with Crippen LogP contribution in [0.1, 0.15) is 50.9 Å². The summed E-state index contributed by atoms with van der Waals surface area (Å²) < 4.78 is 20.3. The maximum Gasteiger partial charge on any atom is 0.258 e. The summed E-state index contributed by atoms with van der Waals surface area (Å²) in [5.74, 6) is 0.749. The fourth-order valence-electron chi connectivity index (χ4n) is 5.02. The number of anilines is 1. The third-order valence-corrected chi connectivity index (χ3v) is 6.80. The van der Waals surface area contributed by atoms with E-state index in [4.69, 9.17) is 4.74 Å². The van der Waals surface area contributed by atoms with Crippen LogP contribution in [0.3, 0.4) is 0 Å². The highest BCUT2D eigenvalue weighted by Crippen LogP contribution is 2.44. The van der Waals surface area contributed by atoms with E-state index in [9.17, 15) is 9.18 Å². The summed E-state index contributed by atoms with van der Waals surface area (Å²) in [4.78, 5) is 28.3. The van der Waals surface area contributed by atoms with Gasteiger partial charge in [-0.1, -0.05) is 0 Å². The van der Waals surface area contributed by atoms with E-state index in [0.29, 0.717) is 22.7 Å². The van der Waals surface area contributed by atoms with E-state index in [0.717, 1.165) is 26.2 Å². The lowest BCUT2D eigenvalue weighted by molar-refractivity contribution is 0.0640. The molecule has 7 nitrogen and oxygen atoms in total. The van der Waals surface area contributed by atoms with Gasteiger partial charge in [0.1, 0.15) is 17.9 Å². The monoisotopic (exact) mass is 455 g/mol. The van der Waals surface area contributed by atoms with Crippen LogP contribution in [-0.4, -0.2) is 71.0 Å². The Morgan fingerprint density at radius 2 is 1.79 bits per heavy atom. The van der Waals surface area contributed by atoms with E-state index < -0.39 is 5.82 Å². The molecule has 0 atom stereocenters. The van der Waals surface area contributed by atoms with Crippen molar-refractivity contribution in [2.45, 2.75) is 52.6 Å². The van der Waals surface area contributed by atoms with Crippen LogP contribution in [0.4, 0.5) is 10.2 Å². The average molecular weight is 456 g/mol. The van der Waals surface area contributed by atoms with Crippen LogP contribution >= 0.6 is 0 Å². The first-order chi connectivity index (χ1) is 15.7. The number of halogens is 1. The largest absolute Gasteiger partial charge is 0.451 e. The minimum atomic E-state index is -0.477. The summed E-state index contributed by atoms with van der Waals surface area (Å²) in [5.41, 5.74) is 0.531. The second-order valence-electron chi connectivity index (χ2n) is 10.0. The van der Waals surface area contributed by atoms with E-state index in [1.165, 1.54) is 37.4 Å². The Labute approximate surface area is 195 Å². The fourth-order valence-corrected chi connectivity index (χ4v) is 5.02. The molecule has 0 bridgehead atoms. The van der Waals surface area contributed by atoms with Gasteiger partial charge in [0, 0.05) is 30.6 Å². The van der Waals surface area contributed by atoms with E-state index in [2.05, 4.69) is 26.8 Å². The second-order valence-corrected chi connectivity index (χ2v) is 10.0. The number of likely N-dealkylation sites (tertiary alicyclic amines) is 1. The Bertz CT molecular complexity index is 988. The summed E-state index contributed by atoms with van der Waals surface area (Å²) in [6, 6.07) is 4.00. The van der Waals surface area contributed by atoms with Gasteiger partial charge in [-0.3, -0.25) is 4.79 Å². The van der Waals surface area contributed by atoms with Crippen molar-refractivity contribution in [1.82, 2.24) is 19.8 Å². The lowest BCUT2D eigenvalue weighted by Gasteiger charge is -2.54. The fraction of sp³-hybridized carbons (Fsp3) is 0.560. The lowest BCUT2D eigenvalue weighted by atomic mass is 9.72. The molecule has 2 aliphatic rings. The minimum absolute atomic E-state index is 0.0314. The van der Waals surface area contributed by atoms with Crippen LogP contribution in [0.15, 0.2) is 30.7 Å². The summed E-state index contributed by atoms with van der Waals surface area (Å²) in [6.45, 7) is 11.9. The zero-order valence-corrected chi connectivity index (χ0v) is 20.2. The lowest BCUT2D eigenvalue weighted by Crippen LogP contribution is -2.60. The van der Waals surface area contributed by atoms with Crippen molar-refractivity contribution >= 4 is 11.7 Å². The van der Waals surface area contributed by atoms with Crippen LogP contribution in [0.25, 0.3) is 0 Å². The number of ether oxygens (including phenoxy) is 1. The molecule has 2 fully saturated rings. The Morgan fingerprint density at radius 3 is 2.42 bits per heavy atom. The molecule has 0 N–H and O–H groups in total. The van der Waals surface area contributed by atoms with Gasteiger partial charge in [-0.05, 0) is 78.9 Å². The number of rotatable bonds is 6. The zero-order valence-electron chi connectivity index (χ0n) is 20.2. The smallest absolute Gasteiger partial charge is 0.258 e. The van der Waals surface area contributed by atoms with E-state index in [-0.39, 0.29) is 23.6 Å². The van der Waals surface area contributed by atoms with E-state index >= 15 is 0 Å². The van der Waals surface area contributed by atoms with Gasteiger partial charge in [0.2, 0.25) is 0 Å². The van der Waals surface area contributed by atoms with Gasteiger partial charge in [-0.25, -0.2) is 14.4 Å². The predicted octanol–water partition coefficient (Wildman–Crippen LogP) is 4.20. The maximum atomic E-state index is 14.2. The predicted molar refractivity (Wildman–Crippen MR) is 126 cm³/mol. The number of amides is 1. The van der Waals surface area contributed by atoms with Crippen LogP contribution in [0, 0.1) is 11.2 Å². The van der Waals surface area contributed by atoms with E-state index in [1.54, 1.807) is 11.1 Å². The zero-order chi connectivity index (χ0) is 23.8. The number of hydrogen-bond donors (Lipinski definition) is 0. The first-order valence-electron chi connectivity index (χ1n) is 11.7. The Balaban J connectivity index is 1.58. The molecular weight excluding hydrogens is 421 g/mol. The number of benzene rings is 1. The van der Waals surface area contributed by atoms with Crippen molar-refractivity contribution in [3.63, 3.8) is 0 Å². The first-order valence-corrected chi connectivity index (χ1v) is 11.7. The first kappa shape index (κ1) is 23.4. The number of piperidine rings is 1. The highest BCUT2D eigenvalue weighted by Gasteiger charge is 2.45. The standard InChI is InChI=1S/C25H34FN5O2/c1-17(2)31(18(3)4)24(32)20-12-19(26)6-7-21(20)33-22-13-27-16-28-23(22)30-14-25(15-30)8-10-29(5)11-9-25/h6-7,12-13,16-18H,8-11,14-15H2,1-5H3. The Kier molecular flexibility index (Phi) is 6.56. The minimum Gasteiger partial charge on any atom is -0.451 e. The van der Waals surface area contributed by atoms with Gasteiger partial charge in [0.25, 0.3) is 5.91 Å². The summed E-state index contributed by atoms with van der Waals surface area (Å²) in [6.07, 6.45) is 5.48. The molecule has 8 heteroatoms. The molecule has 1 spiro atoms. The molecule has 33 heavy (non-hydrogen) atoms. The van der Waals surface area contributed by atoms with Gasteiger partial charge in [0.05, 0.1) is 11.8 Å². The molecule has 1 aromatic heterocycles. The quantitative estimate of drug-likeness (QED) is 0.651. The Morgan fingerprint density at radius 1 is 1.12 bits per heavy atom. The molecule has 0 unspecified atom stereocenters. The van der Waals surface area contributed by atoms with Gasteiger partial charge >= 0.3 is 0 Å². The number of carbonyl (C=O) groups excluding carboxylic acids is 1. The maximum absolute atomic E-state index is 14.2. The van der Waals surface area contributed by atoms with Gasteiger partial charge < -0.3 is 19.4 Å². The molecule has 178 valence electrons. The van der Waals surface area contributed by atoms with Crippen LogP contribution in [0.5, 0.6) is 11.5 Å². The van der Waals surface area contributed by atoms with Crippen LogP contribution < -0.4 is 9.64 Å². The van der Waals surface area contributed by atoms with Crippen LogP contribution in [0.2, 0.25) is 0 Å². The molecule has 2 saturated heterocycles. The highest BCUT2D eigenvalue weighted by atomic mass is 19.1. The number of hydrogen-bond acceptors (Lipinski definition) is 6. The molecule has 2 aromatic rings. The van der Waals surface area contributed by atoms with Gasteiger partial charge in [0.15, 0.2) is 11.6 Å². The number of nitrogens with zero attached hydrogens (tertiary/aromatic N) is 5. The SMILES string of the molecule is CC(C)N(C(=O)c1cc(F)ccc1Oc1cncnc1N1CC2(CCN(C)CC2)C1)C(C)C. The summed E-state index contributed by atoms with van der Waals surface area (Å²) >= 11 is 0. The van der Waals surface area contributed by atoms with Crippen molar-refractivity contribution in [2.24, 2.45) is 5.41 Å². The van der Waals surface area contributed by atoms with Crippen molar-refractivity contribution < 1.29 is 13.9 Å². The highest BCUT2D eigenvalue weighted by molar-refractivity contribution is 5.97. The average Bonchev–Trinajstić information content (AvgIpc) is 2.74. The van der Waals surface area contributed by atoms with E-state index in [1.807, 2.05) is 27.7 Å². The molecule has 0 saturated carbocycles. The third kappa shape index (κ3) is 4.81. The second kappa shape index (κ2) is 9.25. The van der Waals surface area contributed by atoms with Crippen molar-refractivity contribution in [1.29, 1.82) is 0 Å². The molecule has 0 aliphatic carbocycles. The van der Waals surface area contributed by atoms with Gasteiger partial charge in [-0.2, -0.15) is 0 Å². The molecule has 4 rings (SSSR count). The normalized spacial score (nSPS) is 18.0. The molecule has 2 aliphatic heterocycles. The number of aromatic nitrogens is 2. The van der Waals surface area contributed by atoms with Crippen LogP contribution in [-0.2, 0) is 0 Å². The molecule has 0 radical (unpaired) electrons. The van der Waals surface area contributed by atoms with Gasteiger partial charge in [-0.15, -0.1) is 0 Å². The summed E-state index contributed by atoms with van der Waals surface area (Å²) in [7, 11) is 2.17. The molecular formula is C25H34FN5O2. The molecule has 3 heterocycles. The molecule has 1 aromatic carbocycles. The number of carbonyl (C=O) groups is 1. The topological polar surface area (TPSA) is 61.8 Å². The van der Waals surface area contributed by atoms with Crippen molar-refractivity contribution in [3.8, 4) is 11.5 Å². The third-order valence-electron chi connectivity index (χ3n) is 6.80.